The molecule has 30 heavy (non-hydrogen) atoms. The Bertz CT molecular complexity index is 975. The van der Waals surface area contributed by atoms with Gasteiger partial charge in [-0.3, -0.25) is 4.79 Å². The highest BCUT2D eigenvalue weighted by molar-refractivity contribution is 7.11. The molecule has 1 aromatic heterocycles. The minimum atomic E-state index is -0.269. The van der Waals surface area contributed by atoms with Gasteiger partial charge in [-0.25, -0.2) is 4.98 Å². The Morgan fingerprint density at radius 2 is 1.93 bits per heavy atom. The molecule has 6 heteroatoms. The normalized spacial score (nSPS) is 26.6. The van der Waals surface area contributed by atoms with E-state index in [2.05, 4.69) is 31.0 Å². The van der Waals surface area contributed by atoms with Crippen LogP contribution in [0.3, 0.4) is 0 Å². The van der Waals surface area contributed by atoms with Crippen LogP contribution in [-0.4, -0.2) is 41.1 Å². The number of ether oxygens (including phenoxy) is 2. The standard InChI is InChI=1S/C24H30N2O3S/c1-15-20(25-16(2)30-15)22(27)26-11-9-24(10-12-26)13-18-21(28-14-24)17-7-5-6-8-19(17)29-23(18,3)4/h5-8,18,21H,9-14H2,1-4H3/t18-,21+/m0/s1. The molecule has 0 bridgehead atoms. The fourth-order valence-electron chi connectivity index (χ4n) is 5.51. The molecular formula is C24H30N2O3S. The van der Waals surface area contributed by atoms with Crippen molar-refractivity contribution in [2.45, 2.75) is 58.7 Å². The maximum atomic E-state index is 13.0. The van der Waals surface area contributed by atoms with Crippen molar-refractivity contribution in [1.82, 2.24) is 9.88 Å². The maximum Gasteiger partial charge on any atom is 0.273 e. The average Bonchev–Trinajstić information content (AvgIpc) is 3.06. The average molecular weight is 427 g/mol. The number of thiazole rings is 1. The van der Waals surface area contributed by atoms with Gasteiger partial charge in [0.2, 0.25) is 0 Å². The van der Waals surface area contributed by atoms with E-state index in [9.17, 15) is 4.79 Å². The number of likely N-dealkylation sites (tertiary alicyclic amines) is 1. The van der Waals surface area contributed by atoms with Crippen molar-refractivity contribution < 1.29 is 14.3 Å². The summed E-state index contributed by atoms with van der Waals surface area (Å²) in [6.07, 6.45) is 3.12. The van der Waals surface area contributed by atoms with Crippen molar-refractivity contribution in [2.75, 3.05) is 19.7 Å². The Hall–Kier alpha value is -1.92. The van der Waals surface area contributed by atoms with Crippen molar-refractivity contribution in [1.29, 1.82) is 0 Å². The summed E-state index contributed by atoms with van der Waals surface area (Å²) < 4.78 is 12.9. The predicted octanol–water partition coefficient (Wildman–Crippen LogP) is 4.93. The van der Waals surface area contributed by atoms with E-state index in [1.807, 2.05) is 30.9 Å². The number of nitrogens with zero attached hydrogens (tertiary/aromatic N) is 2. The molecule has 4 heterocycles. The minimum absolute atomic E-state index is 0.0801. The number of aromatic nitrogens is 1. The lowest BCUT2D eigenvalue weighted by Gasteiger charge is -2.54. The first-order chi connectivity index (χ1) is 14.3. The lowest BCUT2D eigenvalue weighted by molar-refractivity contribution is -0.173. The summed E-state index contributed by atoms with van der Waals surface area (Å²) in [5.41, 5.74) is 1.66. The molecule has 3 aliphatic heterocycles. The lowest BCUT2D eigenvalue weighted by Crippen LogP contribution is -2.54. The van der Waals surface area contributed by atoms with Crippen LogP contribution in [0.1, 0.15) is 65.2 Å². The van der Waals surface area contributed by atoms with E-state index in [0.29, 0.717) is 11.6 Å². The van der Waals surface area contributed by atoms with Crippen molar-refractivity contribution >= 4 is 17.2 Å². The summed E-state index contributed by atoms with van der Waals surface area (Å²) in [5, 5.41) is 0.955. The molecule has 1 spiro atoms. The molecule has 1 amide bonds. The van der Waals surface area contributed by atoms with Crippen LogP contribution in [0.25, 0.3) is 0 Å². The van der Waals surface area contributed by atoms with E-state index in [1.165, 1.54) is 5.56 Å². The van der Waals surface area contributed by atoms with Crippen molar-refractivity contribution in [3.63, 3.8) is 0 Å². The number of carbonyl (C=O) groups is 1. The first kappa shape index (κ1) is 20.0. The van der Waals surface area contributed by atoms with Crippen molar-refractivity contribution in [3.8, 4) is 5.75 Å². The molecule has 1 aromatic carbocycles. The molecule has 2 saturated heterocycles. The largest absolute Gasteiger partial charge is 0.487 e. The number of piperidine rings is 1. The highest BCUT2D eigenvalue weighted by Crippen LogP contribution is 2.55. The fraction of sp³-hybridized carbons (Fsp3) is 0.583. The van der Waals surface area contributed by atoms with Gasteiger partial charge >= 0.3 is 0 Å². The summed E-state index contributed by atoms with van der Waals surface area (Å²) in [6, 6.07) is 8.28. The van der Waals surface area contributed by atoms with Gasteiger partial charge in [0, 0.05) is 29.4 Å². The number of para-hydroxylation sites is 1. The molecule has 0 unspecified atom stereocenters. The monoisotopic (exact) mass is 426 g/mol. The molecule has 5 nitrogen and oxygen atoms in total. The van der Waals surface area contributed by atoms with E-state index in [1.54, 1.807) is 11.3 Å². The predicted molar refractivity (Wildman–Crippen MR) is 117 cm³/mol. The zero-order valence-electron chi connectivity index (χ0n) is 18.2. The zero-order valence-corrected chi connectivity index (χ0v) is 19.1. The number of hydrogen-bond acceptors (Lipinski definition) is 5. The number of amides is 1. The number of benzene rings is 1. The number of carbonyl (C=O) groups excluding carboxylic acids is 1. The van der Waals surface area contributed by atoms with Crippen LogP contribution in [0.15, 0.2) is 24.3 Å². The van der Waals surface area contributed by atoms with Crippen LogP contribution in [-0.2, 0) is 4.74 Å². The lowest BCUT2D eigenvalue weighted by atomic mass is 9.64. The van der Waals surface area contributed by atoms with E-state index >= 15 is 0 Å². The van der Waals surface area contributed by atoms with Gasteiger partial charge in [0.1, 0.15) is 17.0 Å². The molecule has 0 radical (unpaired) electrons. The molecule has 0 saturated carbocycles. The Labute approximate surface area is 182 Å². The number of fused-ring (bicyclic) bond motifs is 3. The number of hydrogen-bond donors (Lipinski definition) is 0. The number of aryl methyl sites for hydroxylation is 2. The van der Waals surface area contributed by atoms with Crippen LogP contribution < -0.4 is 4.74 Å². The van der Waals surface area contributed by atoms with Gasteiger partial charge in [-0.15, -0.1) is 11.3 Å². The van der Waals surface area contributed by atoms with E-state index < -0.39 is 0 Å². The Morgan fingerprint density at radius 3 is 2.63 bits per heavy atom. The third-order valence-corrected chi connectivity index (χ3v) is 8.18. The molecule has 0 aliphatic carbocycles. The summed E-state index contributed by atoms with van der Waals surface area (Å²) >= 11 is 1.60. The molecule has 0 N–H and O–H groups in total. The Balaban J connectivity index is 1.32. The van der Waals surface area contributed by atoms with Gasteiger partial charge in [0.05, 0.1) is 17.7 Å². The molecule has 2 atom stereocenters. The van der Waals surface area contributed by atoms with Crippen LogP contribution in [0.2, 0.25) is 0 Å². The molecule has 3 aliphatic rings. The topological polar surface area (TPSA) is 51.7 Å². The summed E-state index contributed by atoms with van der Waals surface area (Å²) in [6.45, 7) is 10.6. The SMILES string of the molecule is Cc1nc(C(=O)N2CCC3(CC2)CO[C@@H]2c4ccccc4OC(C)(C)[C@H]2C3)c(C)s1. The number of rotatable bonds is 1. The van der Waals surface area contributed by atoms with Gasteiger partial charge in [0.15, 0.2) is 0 Å². The summed E-state index contributed by atoms with van der Waals surface area (Å²) in [5.74, 6) is 1.34. The third-order valence-electron chi connectivity index (χ3n) is 7.30. The quantitative estimate of drug-likeness (QED) is 0.649. The highest BCUT2D eigenvalue weighted by atomic mass is 32.1. The van der Waals surface area contributed by atoms with Crippen molar-refractivity contribution in [3.05, 3.63) is 45.4 Å². The van der Waals surface area contributed by atoms with Gasteiger partial charge in [-0.1, -0.05) is 18.2 Å². The van der Waals surface area contributed by atoms with Crippen LogP contribution in [0, 0.1) is 25.2 Å². The second kappa shape index (κ2) is 7.06. The molecule has 2 aromatic rings. The van der Waals surface area contributed by atoms with Gasteiger partial charge in [-0.05, 0) is 58.4 Å². The molecular weight excluding hydrogens is 396 g/mol. The van der Waals surface area contributed by atoms with Gasteiger partial charge in [-0.2, -0.15) is 0 Å². The van der Waals surface area contributed by atoms with Gasteiger partial charge < -0.3 is 14.4 Å². The van der Waals surface area contributed by atoms with Crippen LogP contribution in [0.5, 0.6) is 5.75 Å². The molecule has 5 rings (SSSR count). The second-order valence-electron chi connectivity index (χ2n) is 9.72. The second-order valence-corrected chi connectivity index (χ2v) is 11.1. The van der Waals surface area contributed by atoms with E-state index in [0.717, 1.165) is 54.6 Å². The summed E-state index contributed by atoms with van der Waals surface area (Å²) in [7, 11) is 0. The zero-order chi connectivity index (χ0) is 21.1. The van der Waals surface area contributed by atoms with E-state index in [-0.39, 0.29) is 23.0 Å². The Kier molecular flexibility index (Phi) is 4.71. The van der Waals surface area contributed by atoms with E-state index in [4.69, 9.17) is 9.47 Å². The molecule has 160 valence electrons. The van der Waals surface area contributed by atoms with Crippen LogP contribution in [0.4, 0.5) is 0 Å². The van der Waals surface area contributed by atoms with Crippen LogP contribution >= 0.6 is 11.3 Å². The van der Waals surface area contributed by atoms with Crippen molar-refractivity contribution in [2.24, 2.45) is 11.3 Å². The fourth-order valence-corrected chi connectivity index (χ4v) is 6.32. The maximum absolute atomic E-state index is 13.0. The molecule has 2 fully saturated rings. The highest BCUT2D eigenvalue weighted by Gasteiger charge is 2.52. The summed E-state index contributed by atoms with van der Waals surface area (Å²) in [4.78, 5) is 20.5. The first-order valence-corrected chi connectivity index (χ1v) is 11.7. The first-order valence-electron chi connectivity index (χ1n) is 10.9. The third kappa shape index (κ3) is 3.25. The minimum Gasteiger partial charge on any atom is -0.487 e. The smallest absolute Gasteiger partial charge is 0.273 e. The van der Waals surface area contributed by atoms with Gasteiger partial charge in [0.25, 0.3) is 5.91 Å². The Morgan fingerprint density at radius 1 is 1.20 bits per heavy atom.